The summed E-state index contributed by atoms with van der Waals surface area (Å²) in [5, 5.41) is 24.1. The Morgan fingerprint density at radius 1 is 1.19 bits per heavy atom. The molecule has 0 bridgehead atoms. The number of benzene rings is 1. The Kier molecular flexibility index (Phi) is 6.45. The summed E-state index contributed by atoms with van der Waals surface area (Å²) in [5.74, 6) is -1.41. The summed E-state index contributed by atoms with van der Waals surface area (Å²) in [6.45, 7) is 3.87. The number of nitrogens with one attached hydrogen (secondary N) is 1. The molecule has 31 heavy (non-hydrogen) atoms. The normalized spacial score (nSPS) is 10.7. The number of hydrogen-bond acceptors (Lipinski definition) is 5. The van der Waals surface area contributed by atoms with Crippen LogP contribution in [0.25, 0.3) is 11.1 Å². The van der Waals surface area contributed by atoms with Crippen LogP contribution in [0, 0.1) is 13.8 Å². The number of amides is 2. The predicted molar refractivity (Wildman–Crippen MR) is 120 cm³/mol. The van der Waals surface area contributed by atoms with Gasteiger partial charge in [0.05, 0.1) is 6.42 Å². The third kappa shape index (κ3) is 4.61. The molecule has 3 rings (SSSR count). The van der Waals surface area contributed by atoms with Crippen molar-refractivity contribution in [2.75, 3.05) is 11.4 Å². The number of aromatic hydroxyl groups is 1. The molecule has 3 N–H and O–H groups in total. The maximum atomic E-state index is 13.0. The number of carbonyl (C=O) groups excluding carboxylic acids is 1. The van der Waals surface area contributed by atoms with Gasteiger partial charge in [-0.05, 0) is 48.2 Å². The number of aliphatic carboxylic acids is 1. The number of carboxylic acid groups (broad SMARTS) is 1. The minimum atomic E-state index is -1.06. The number of carboxylic acids is 1. The Morgan fingerprint density at radius 3 is 2.52 bits per heavy atom. The number of carbonyl (C=O) groups is 2. The van der Waals surface area contributed by atoms with E-state index in [0.29, 0.717) is 5.00 Å². The molecule has 1 aromatic carbocycles. The van der Waals surface area contributed by atoms with Gasteiger partial charge in [-0.15, -0.1) is 11.3 Å². The molecular weight excluding hydrogens is 418 g/mol. The number of aromatic nitrogens is 1. The molecule has 3 aromatic rings. The third-order valence-corrected chi connectivity index (χ3v) is 5.75. The molecule has 0 saturated carbocycles. The van der Waals surface area contributed by atoms with E-state index in [1.54, 1.807) is 6.07 Å². The van der Waals surface area contributed by atoms with E-state index in [1.807, 2.05) is 37.4 Å². The first-order chi connectivity index (χ1) is 14.7. The summed E-state index contributed by atoms with van der Waals surface area (Å²) in [6.07, 6.45) is 1.13. The maximum absolute atomic E-state index is 13.0. The van der Waals surface area contributed by atoms with Gasteiger partial charge in [0.25, 0.3) is 5.56 Å². The molecule has 9 heteroatoms. The van der Waals surface area contributed by atoms with Crippen LogP contribution >= 0.6 is 11.3 Å². The number of pyridine rings is 1. The summed E-state index contributed by atoms with van der Waals surface area (Å²) in [6, 6.07) is 8.37. The Labute approximate surface area is 183 Å². The van der Waals surface area contributed by atoms with Gasteiger partial charge in [-0.2, -0.15) is 0 Å². The van der Waals surface area contributed by atoms with Crippen molar-refractivity contribution in [2.24, 2.45) is 7.05 Å². The zero-order valence-corrected chi connectivity index (χ0v) is 18.2. The molecule has 0 unspecified atom stereocenters. The summed E-state index contributed by atoms with van der Waals surface area (Å²) in [7, 11) is 1.52. The molecule has 2 amide bonds. The molecule has 2 aromatic heterocycles. The average Bonchev–Trinajstić information content (AvgIpc) is 3.16. The number of rotatable bonds is 6. The molecule has 0 radical (unpaired) electrons. The molecule has 0 spiro atoms. The number of thiophene rings is 1. The number of urea groups is 1. The second kappa shape index (κ2) is 9.05. The van der Waals surface area contributed by atoms with Crippen LogP contribution < -0.4 is 15.8 Å². The fourth-order valence-electron chi connectivity index (χ4n) is 3.33. The van der Waals surface area contributed by atoms with Gasteiger partial charge in [0.15, 0.2) is 5.69 Å². The molecule has 0 saturated heterocycles. The van der Waals surface area contributed by atoms with Gasteiger partial charge in [0.2, 0.25) is 0 Å². The zero-order chi connectivity index (χ0) is 22.7. The molecule has 0 aliphatic rings. The van der Waals surface area contributed by atoms with E-state index in [0.717, 1.165) is 27.2 Å². The summed E-state index contributed by atoms with van der Waals surface area (Å²) in [4.78, 5) is 37.7. The monoisotopic (exact) mass is 441 g/mol. The van der Waals surface area contributed by atoms with E-state index in [9.17, 15) is 19.5 Å². The van der Waals surface area contributed by atoms with Crippen molar-refractivity contribution >= 4 is 34.0 Å². The molecule has 0 aliphatic carbocycles. The SMILES string of the molecule is Cc1cccc(C)c1-c1csc(N(C(=O)NCCC(=O)O)c2c(O)ccn(C)c2=O)c1. The van der Waals surface area contributed by atoms with Gasteiger partial charge in [-0.3, -0.25) is 9.59 Å². The smallest absolute Gasteiger partial charge is 0.327 e. The topological polar surface area (TPSA) is 112 Å². The van der Waals surface area contributed by atoms with E-state index in [-0.39, 0.29) is 24.4 Å². The minimum Gasteiger partial charge on any atom is -0.505 e. The van der Waals surface area contributed by atoms with Crippen molar-refractivity contribution in [3.8, 4) is 16.9 Å². The molecule has 0 aliphatic heterocycles. The molecule has 8 nitrogen and oxygen atoms in total. The van der Waals surface area contributed by atoms with Gasteiger partial charge >= 0.3 is 12.0 Å². The van der Waals surface area contributed by atoms with Crippen molar-refractivity contribution in [1.29, 1.82) is 0 Å². The number of aryl methyl sites for hydroxylation is 3. The van der Waals surface area contributed by atoms with E-state index in [2.05, 4.69) is 5.32 Å². The summed E-state index contributed by atoms with van der Waals surface area (Å²) in [5.41, 5.74) is 3.29. The van der Waals surface area contributed by atoms with Crippen LogP contribution in [0.5, 0.6) is 5.75 Å². The van der Waals surface area contributed by atoms with Crippen molar-refractivity contribution in [3.05, 3.63) is 63.4 Å². The van der Waals surface area contributed by atoms with Crippen LogP contribution in [0.1, 0.15) is 17.5 Å². The Balaban J connectivity index is 2.09. The van der Waals surface area contributed by atoms with Crippen LogP contribution in [0.4, 0.5) is 15.5 Å². The quantitative estimate of drug-likeness (QED) is 0.539. The fourth-order valence-corrected chi connectivity index (χ4v) is 4.23. The standard InChI is InChI=1S/C22H23N3O5S/c1-13-5-4-6-14(2)19(13)15-11-17(31-12-15)25(22(30)23-9-7-18(27)28)20-16(26)8-10-24(3)21(20)29/h4-6,8,10-12,26H,7,9H2,1-3H3,(H,23,30)(H,27,28). The molecule has 0 atom stereocenters. The van der Waals surface area contributed by atoms with Crippen LogP contribution in [-0.4, -0.2) is 33.3 Å². The highest BCUT2D eigenvalue weighted by Crippen LogP contribution is 2.39. The van der Waals surface area contributed by atoms with Crippen LogP contribution in [0.3, 0.4) is 0 Å². The minimum absolute atomic E-state index is 0.117. The number of anilines is 2. The summed E-state index contributed by atoms with van der Waals surface area (Å²) < 4.78 is 1.26. The maximum Gasteiger partial charge on any atom is 0.327 e. The first-order valence-electron chi connectivity index (χ1n) is 9.54. The van der Waals surface area contributed by atoms with Gasteiger partial charge in [0.1, 0.15) is 10.8 Å². The highest BCUT2D eigenvalue weighted by Gasteiger charge is 2.26. The van der Waals surface area contributed by atoms with E-state index in [1.165, 1.54) is 35.2 Å². The van der Waals surface area contributed by atoms with Crippen LogP contribution in [0.15, 0.2) is 46.7 Å². The van der Waals surface area contributed by atoms with Gasteiger partial charge in [-0.25, -0.2) is 9.69 Å². The Morgan fingerprint density at radius 2 is 1.87 bits per heavy atom. The average molecular weight is 442 g/mol. The lowest BCUT2D eigenvalue weighted by Gasteiger charge is -2.22. The van der Waals surface area contributed by atoms with Crippen molar-refractivity contribution in [1.82, 2.24) is 9.88 Å². The van der Waals surface area contributed by atoms with E-state index >= 15 is 0 Å². The Hall–Kier alpha value is -3.59. The first kappa shape index (κ1) is 22.1. The van der Waals surface area contributed by atoms with Gasteiger partial charge < -0.3 is 20.1 Å². The van der Waals surface area contributed by atoms with Crippen molar-refractivity contribution < 1.29 is 19.8 Å². The number of nitrogens with zero attached hydrogens (tertiary/aromatic N) is 2. The second-order valence-corrected chi connectivity index (χ2v) is 8.01. The second-order valence-electron chi connectivity index (χ2n) is 7.12. The highest BCUT2D eigenvalue weighted by molar-refractivity contribution is 7.14. The lowest BCUT2D eigenvalue weighted by Crippen LogP contribution is -2.40. The van der Waals surface area contributed by atoms with E-state index < -0.39 is 17.6 Å². The lowest BCUT2D eigenvalue weighted by atomic mass is 9.98. The molecule has 0 fully saturated rings. The van der Waals surface area contributed by atoms with Crippen molar-refractivity contribution in [3.63, 3.8) is 0 Å². The van der Waals surface area contributed by atoms with Crippen LogP contribution in [0.2, 0.25) is 0 Å². The summed E-state index contributed by atoms with van der Waals surface area (Å²) >= 11 is 1.25. The predicted octanol–water partition coefficient (Wildman–Crippen LogP) is 3.76. The molecular formula is C22H23N3O5S. The zero-order valence-electron chi connectivity index (χ0n) is 17.4. The van der Waals surface area contributed by atoms with Crippen molar-refractivity contribution in [2.45, 2.75) is 20.3 Å². The molecule has 162 valence electrons. The van der Waals surface area contributed by atoms with Gasteiger partial charge in [-0.1, -0.05) is 18.2 Å². The Bertz CT molecular complexity index is 1180. The largest absolute Gasteiger partial charge is 0.505 e. The molecule has 2 heterocycles. The van der Waals surface area contributed by atoms with E-state index in [4.69, 9.17) is 5.11 Å². The highest BCUT2D eigenvalue weighted by atomic mass is 32.1. The lowest BCUT2D eigenvalue weighted by molar-refractivity contribution is -0.136. The van der Waals surface area contributed by atoms with Crippen LogP contribution in [-0.2, 0) is 11.8 Å². The third-order valence-electron chi connectivity index (χ3n) is 4.84. The number of hydrogen-bond donors (Lipinski definition) is 3. The van der Waals surface area contributed by atoms with Gasteiger partial charge in [0, 0.05) is 25.2 Å². The fraction of sp³-hybridized carbons (Fsp3) is 0.227. The first-order valence-corrected chi connectivity index (χ1v) is 10.4.